The molecule has 1 aliphatic rings. The fourth-order valence-electron chi connectivity index (χ4n) is 2.67. The first-order valence-electron chi connectivity index (χ1n) is 7.22. The lowest BCUT2D eigenvalue weighted by Gasteiger charge is -2.21. The van der Waals surface area contributed by atoms with Gasteiger partial charge in [-0.1, -0.05) is 0 Å². The molecule has 1 aliphatic heterocycles. The van der Waals surface area contributed by atoms with Crippen molar-refractivity contribution in [3.8, 4) is 11.4 Å². The van der Waals surface area contributed by atoms with Gasteiger partial charge in [-0.05, 0) is 32.4 Å². The number of nitrogens with zero attached hydrogens (tertiary/aromatic N) is 4. The van der Waals surface area contributed by atoms with E-state index in [-0.39, 0.29) is 0 Å². The molecule has 1 fully saturated rings. The van der Waals surface area contributed by atoms with Gasteiger partial charge >= 0.3 is 5.97 Å². The van der Waals surface area contributed by atoms with Crippen molar-refractivity contribution in [1.29, 1.82) is 0 Å². The second kappa shape index (κ2) is 5.36. The minimum atomic E-state index is -0.756. The molecule has 6 nitrogen and oxygen atoms in total. The third-order valence-electron chi connectivity index (χ3n) is 4.07. The molecule has 0 spiro atoms. The molecule has 114 valence electrons. The van der Waals surface area contributed by atoms with Gasteiger partial charge in [0, 0.05) is 42.8 Å². The van der Waals surface area contributed by atoms with Crippen LogP contribution in [0, 0.1) is 12.3 Å². The Morgan fingerprint density at radius 2 is 2.23 bits per heavy atom. The standard InChI is InChI=1S/C16H18N4O2/c1-11-8-13(20-7-5-16(2,10-20)15(21)22)19-14(18-11)12-4-3-6-17-9-12/h3-4,6,8-9H,5,7,10H2,1-2H3,(H,21,22). The lowest BCUT2D eigenvalue weighted by Crippen LogP contribution is -2.32. The number of carbonyl (C=O) groups is 1. The Morgan fingerprint density at radius 1 is 1.41 bits per heavy atom. The molecule has 1 atom stereocenters. The van der Waals surface area contributed by atoms with Crippen LogP contribution in [-0.2, 0) is 4.79 Å². The average Bonchev–Trinajstić information content (AvgIpc) is 2.92. The quantitative estimate of drug-likeness (QED) is 0.935. The van der Waals surface area contributed by atoms with E-state index in [0.29, 0.717) is 25.3 Å². The van der Waals surface area contributed by atoms with Gasteiger partial charge in [0.25, 0.3) is 0 Å². The first kappa shape index (κ1) is 14.4. The zero-order chi connectivity index (χ0) is 15.7. The average molecular weight is 298 g/mol. The largest absolute Gasteiger partial charge is 0.481 e. The maximum atomic E-state index is 11.4. The molecule has 3 rings (SSSR count). The predicted octanol–water partition coefficient (Wildman–Crippen LogP) is 2.15. The number of carboxylic acid groups (broad SMARTS) is 1. The Balaban J connectivity index is 1.93. The summed E-state index contributed by atoms with van der Waals surface area (Å²) >= 11 is 0. The second-order valence-corrected chi connectivity index (χ2v) is 5.97. The van der Waals surface area contributed by atoms with Gasteiger partial charge < -0.3 is 10.0 Å². The Morgan fingerprint density at radius 3 is 2.86 bits per heavy atom. The van der Waals surface area contributed by atoms with Gasteiger partial charge in [0.2, 0.25) is 0 Å². The van der Waals surface area contributed by atoms with Crippen molar-refractivity contribution in [2.24, 2.45) is 5.41 Å². The van der Waals surface area contributed by atoms with Gasteiger partial charge in [-0.3, -0.25) is 9.78 Å². The Kier molecular flexibility index (Phi) is 3.52. The number of aryl methyl sites for hydroxylation is 1. The van der Waals surface area contributed by atoms with Crippen LogP contribution in [0.25, 0.3) is 11.4 Å². The van der Waals surface area contributed by atoms with E-state index >= 15 is 0 Å². The molecule has 22 heavy (non-hydrogen) atoms. The van der Waals surface area contributed by atoms with E-state index in [1.165, 1.54) is 0 Å². The van der Waals surface area contributed by atoms with Gasteiger partial charge in [0.1, 0.15) is 5.82 Å². The number of pyridine rings is 1. The molecule has 6 heteroatoms. The van der Waals surface area contributed by atoms with Crippen LogP contribution in [0.3, 0.4) is 0 Å². The zero-order valence-electron chi connectivity index (χ0n) is 12.7. The summed E-state index contributed by atoms with van der Waals surface area (Å²) in [6, 6.07) is 5.66. The normalized spacial score (nSPS) is 21.1. The summed E-state index contributed by atoms with van der Waals surface area (Å²) in [7, 11) is 0. The molecule has 2 aromatic heterocycles. The van der Waals surface area contributed by atoms with Crippen molar-refractivity contribution in [1.82, 2.24) is 15.0 Å². The third-order valence-corrected chi connectivity index (χ3v) is 4.07. The highest BCUT2D eigenvalue weighted by molar-refractivity contribution is 5.76. The molecular weight excluding hydrogens is 280 g/mol. The van der Waals surface area contributed by atoms with Gasteiger partial charge in [-0.15, -0.1) is 0 Å². The van der Waals surface area contributed by atoms with Gasteiger partial charge in [0.05, 0.1) is 5.41 Å². The topological polar surface area (TPSA) is 79.2 Å². The molecule has 0 bridgehead atoms. The van der Waals surface area contributed by atoms with E-state index in [1.807, 2.05) is 30.0 Å². The lowest BCUT2D eigenvalue weighted by molar-refractivity contribution is -0.146. The third kappa shape index (κ3) is 2.64. The van der Waals surface area contributed by atoms with Crippen molar-refractivity contribution in [2.75, 3.05) is 18.0 Å². The van der Waals surface area contributed by atoms with Crippen molar-refractivity contribution in [2.45, 2.75) is 20.3 Å². The summed E-state index contributed by atoms with van der Waals surface area (Å²) in [5, 5.41) is 9.36. The van der Waals surface area contributed by atoms with Crippen LogP contribution in [0.2, 0.25) is 0 Å². The van der Waals surface area contributed by atoms with Crippen molar-refractivity contribution >= 4 is 11.8 Å². The van der Waals surface area contributed by atoms with Crippen LogP contribution >= 0.6 is 0 Å². The maximum Gasteiger partial charge on any atom is 0.311 e. The number of anilines is 1. The Bertz CT molecular complexity index is 705. The predicted molar refractivity (Wildman–Crippen MR) is 82.6 cm³/mol. The van der Waals surface area contributed by atoms with E-state index in [9.17, 15) is 9.90 Å². The van der Waals surface area contributed by atoms with Crippen LogP contribution < -0.4 is 4.90 Å². The highest BCUT2D eigenvalue weighted by atomic mass is 16.4. The first-order chi connectivity index (χ1) is 10.5. The monoisotopic (exact) mass is 298 g/mol. The van der Waals surface area contributed by atoms with E-state index < -0.39 is 11.4 Å². The zero-order valence-corrected chi connectivity index (χ0v) is 12.7. The van der Waals surface area contributed by atoms with E-state index in [4.69, 9.17) is 0 Å². The number of aromatic nitrogens is 3. The van der Waals surface area contributed by atoms with Gasteiger partial charge in [-0.25, -0.2) is 9.97 Å². The summed E-state index contributed by atoms with van der Waals surface area (Å²) in [6.07, 6.45) is 4.05. The first-order valence-corrected chi connectivity index (χ1v) is 7.22. The number of carboxylic acids is 1. The Labute approximate surface area is 128 Å². The van der Waals surface area contributed by atoms with Gasteiger partial charge in [0.15, 0.2) is 5.82 Å². The number of aliphatic carboxylic acids is 1. The molecule has 2 aromatic rings. The number of rotatable bonds is 3. The van der Waals surface area contributed by atoms with Crippen molar-refractivity contribution < 1.29 is 9.90 Å². The summed E-state index contributed by atoms with van der Waals surface area (Å²) in [5.41, 5.74) is 0.994. The molecule has 3 heterocycles. The van der Waals surface area contributed by atoms with E-state index in [1.54, 1.807) is 19.3 Å². The Hall–Kier alpha value is -2.50. The maximum absolute atomic E-state index is 11.4. The highest BCUT2D eigenvalue weighted by Gasteiger charge is 2.41. The fraction of sp³-hybridized carbons (Fsp3) is 0.375. The highest BCUT2D eigenvalue weighted by Crippen LogP contribution is 2.33. The summed E-state index contributed by atoms with van der Waals surface area (Å²) < 4.78 is 0. The van der Waals surface area contributed by atoms with Crippen LogP contribution in [0.1, 0.15) is 19.0 Å². The number of hydrogen-bond donors (Lipinski definition) is 1. The molecule has 0 saturated carbocycles. The smallest absolute Gasteiger partial charge is 0.311 e. The van der Waals surface area contributed by atoms with Gasteiger partial charge in [-0.2, -0.15) is 0 Å². The molecule has 1 unspecified atom stereocenters. The van der Waals surface area contributed by atoms with E-state index in [2.05, 4.69) is 15.0 Å². The fourth-order valence-corrected chi connectivity index (χ4v) is 2.67. The van der Waals surface area contributed by atoms with Crippen LogP contribution in [0.15, 0.2) is 30.6 Å². The second-order valence-electron chi connectivity index (χ2n) is 5.97. The van der Waals surface area contributed by atoms with Crippen LogP contribution in [0.5, 0.6) is 0 Å². The summed E-state index contributed by atoms with van der Waals surface area (Å²) in [4.78, 5) is 26.5. The molecule has 0 radical (unpaired) electrons. The molecule has 1 N–H and O–H groups in total. The molecule has 0 aromatic carbocycles. The molecular formula is C16H18N4O2. The number of hydrogen-bond acceptors (Lipinski definition) is 5. The summed E-state index contributed by atoms with van der Waals surface area (Å²) in [6.45, 7) is 4.85. The molecule has 0 aliphatic carbocycles. The minimum Gasteiger partial charge on any atom is -0.481 e. The van der Waals surface area contributed by atoms with E-state index in [0.717, 1.165) is 17.1 Å². The summed E-state index contributed by atoms with van der Waals surface area (Å²) in [5.74, 6) is 0.636. The van der Waals surface area contributed by atoms with Crippen LogP contribution in [0.4, 0.5) is 5.82 Å². The van der Waals surface area contributed by atoms with Crippen LogP contribution in [-0.4, -0.2) is 39.1 Å². The lowest BCUT2D eigenvalue weighted by atomic mass is 9.90. The molecule has 0 amide bonds. The SMILES string of the molecule is Cc1cc(N2CCC(C)(C(=O)O)C2)nc(-c2cccnc2)n1. The van der Waals surface area contributed by atoms with Crippen molar-refractivity contribution in [3.63, 3.8) is 0 Å². The molecule has 1 saturated heterocycles. The minimum absolute atomic E-state index is 0.464. The van der Waals surface area contributed by atoms with Crippen molar-refractivity contribution in [3.05, 3.63) is 36.3 Å².